The minimum absolute atomic E-state index is 0.257. The third kappa shape index (κ3) is 4.01. The molecule has 1 aliphatic rings. The number of anilines is 3. The largest absolute Gasteiger partial charge is 0.493 e. The van der Waals surface area contributed by atoms with Gasteiger partial charge in [-0.3, -0.25) is 0 Å². The van der Waals surface area contributed by atoms with Gasteiger partial charge < -0.3 is 20.5 Å². The van der Waals surface area contributed by atoms with Crippen molar-refractivity contribution in [3.05, 3.63) is 54.7 Å². The molecule has 3 aromatic rings. The van der Waals surface area contributed by atoms with Gasteiger partial charge in [0.1, 0.15) is 0 Å². The zero-order valence-electron chi connectivity index (χ0n) is 15.9. The molecule has 3 N–H and O–H groups in total. The summed E-state index contributed by atoms with van der Waals surface area (Å²) >= 11 is 0. The molecule has 0 amide bonds. The topological polar surface area (TPSA) is 82.3 Å². The van der Waals surface area contributed by atoms with Gasteiger partial charge in [0.15, 0.2) is 11.5 Å². The SMILES string of the molecule is COc1ccc(-c2ccnc(Nc3ccccc3N)n2)cc1OC1CCCC1. The molecule has 0 atom stereocenters. The Labute approximate surface area is 164 Å². The molecule has 2 aromatic carbocycles. The van der Waals surface area contributed by atoms with Crippen LogP contribution >= 0.6 is 0 Å². The fourth-order valence-corrected chi connectivity index (χ4v) is 3.42. The van der Waals surface area contributed by atoms with Crippen molar-refractivity contribution in [3.8, 4) is 22.8 Å². The van der Waals surface area contributed by atoms with Gasteiger partial charge in [0.25, 0.3) is 0 Å². The molecule has 144 valence electrons. The van der Waals surface area contributed by atoms with Crippen molar-refractivity contribution in [3.63, 3.8) is 0 Å². The van der Waals surface area contributed by atoms with Crippen LogP contribution in [0.2, 0.25) is 0 Å². The number of nitrogen functional groups attached to an aromatic ring is 1. The Morgan fingerprint density at radius 1 is 1.04 bits per heavy atom. The third-order valence-electron chi connectivity index (χ3n) is 4.92. The summed E-state index contributed by atoms with van der Waals surface area (Å²) in [7, 11) is 1.66. The lowest BCUT2D eigenvalue weighted by Gasteiger charge is -2.17. The van der Waals surface area contributed by atoms with E-state index in [-0.39, 0.29) is 6.10 Å². The molecule has 28 heavy (non-hydrogen) atoms. The lowest BCUT2D eigenvalue weighted by Crippen LogP contribution is -2.11. The maximum absolute atomic E-state index is 6.20. The summed E-state index contributed by atoms with van der Waals surface area (Å²) in [5.41, 5.74) is 9.16. The normalized spacial score (nSPS) is 14.0. The first-order valence-corrected chi connectivity index (χ1v) is 9.52. The van der Waals surface area contributed by atoms with Gasteiger partial charge >= 0.3 is 0 Å². The lowest BCUT2D eigenvalue weighted by atomic mass is 10.1. The van der Waals surface area contributed by atoms with E-state index in [2.05, 4.69) is 15.3 Å². The van der Waals surface area contributed by atoms with Crippen LogP contribution in [0.5, 0.6) is 11.5 Å². The standard InChI is InChI=1S/C22H24N4O2/c1-27-20-11-10-15(14-21(20)28-16-6-2-3-7-16)18-12-13-24-22(25-18)26-19-9-5-4-8-17(19)23/h4-5,8-14,16H,2-3,6-7,23H2,1H3,(H,24,25,26). The summed E-state index contributed by atoms with van der Waals surface area (Å²) in [6, 6.07) is 15.3. The fourth-order valence-electron chi connectivity index (χ4n) is 3.42. The van der Waals surface area contributed by atoms with Crippen LogP contribution in [0.3, 0.4) is 0 Å². The molecule has 1 saturated carbocycles. The third-order valence-corrected chi connectivity index (χ3v) is 4.92. The molecule has 0 saturated heterocycles. The number of hydrogen-bond acceptors (Lipinski definition) is 6. The van der Waals surface area contributed by atoms with Crippen LogP contribution in [0.15, 0.2) is 54.7 Å². The van der Waals surface area contributed by atoms with E-state index in [1.54, 1.807) is 13.3 Å². The zero-order chi connectivity index (χ0) is 19.3. The predicted molar refractivity (Wildman–Crippen MR) is 111 cm³/mol. The van der Waals surface area contributed by atoms with Gasteiger partial charge in [-0.05, 0) is 62.1 Å². The van der Waals surface area contributed by atoms with Gasteiger partial charge in [0.05, 0.1) is 30.3 Å². The van der Waals surface area contributed by atoms with Crippen LogP contribution in [0.25, 0.3) is 11.3 Å². The van der Waals surface area contributed by atoms with E-state index in [9.17, 15) is 0 Å². The monoisotopic (exact) mass is 376 g/mol. The Balaban J connectivity index is 1.60. The highest BCUT2D eigenvalue weighted by Gasteiger charge is 2.19. The van der Waals surface area contributed by atoms with Crippen LogP contribution in [-0.4, -0.2) is 23.2 Å². The minimum Gasteiger partial charge on any atom is -0.493 e. The van der Waals surface area contributed by atoms with Gasteiger partial charge in [-0.2, -0.15) is 0 Å². The first kappa shape index (κ1) is 18.1. The van der Waals surface area contributed by atoms with Gasteiger partial charge in [0, 0.05) is 11.8 Å². The number of aromatic nitrogens is 2. The van der Waals surface area contributed by atoms with Gasteiger partial charge in [-0.1, -0.05) is 12.1 Å². The highest BCUT2D eigenvalue weighted by molar-refractivity contribution is 5.71. The molecular weight excluding hydrogens is 352 g/mol. The second-order valence-electron chi connectivity index (χ2n) is 6.87. The summed E-state index contributed by atoms with van der Waals surface area (Å²) < 4.78 is 11.7. The number of benzene rings is 2. The second-order valence-corrected chi connectivity index (χ2v) is 6.87. The molecule has 0 aliphatic heterocycles. The van der Waals surface area contributed by atoms with Gasteiger partial charge in [0.2, 0.25) is 5.95 Å². The van der Waals surface area contributed by atoms with Gasteiger partial charge in [-0.25, -0.2) is 9.97 Å². The van der Waals surface area contributed by atoms with E-state index in [0.29, 0.717) is 11.6 Å². The number of para-hydroxylation sites is 2. The van der Waals surface area contributed by atoms with Crippen molar-refractivity contribution in [2.75, 3.05) is 18.2 Å². The Morgan fingerprint density at radius 2 is 1.86 bits per heavy atom. The number of hydrogen-bond donors (Lipinski definition) is 2. The average molecular weight is 376 g/mol. The van der Waals surface area contributed by atoms with Crippen LogP contribution in [-0.2, 0) is 0 Å². The number of rotatable bonds is 6. The average Bonchev–Trinajstić information content (AvgIpc) is 3.23. The maximum atomic E-state index is 6.20. The number of nitrogens with zero attached hydrogens (tertiary/aromatic N) is 2. The first-order chi connectivity index (χ1) is 13.7. The van der Waals surface area contributed by atoms with Crippen molar-refractivity contribution in [2.45, 2.75) is 31.8 Å². The number of nitrogens with two attached hydrogens (primary N) is 1. The van der Waals surface area contributed by atoms with Gasteiger partial charge in [-0.15, -0.1) is 0 Å². The Hall–Kier alpha value is -3.28. The van der Waals surface area contributed by atoms with Crippen molar-refractivity contribution < 1.29 is 9.47 Å². The van der Waals surface area contributed by atoms with E-state index in [1.807, 2.05) is 48.5 Å². The second kappa shape index (κ2) is 8.17. The minimum atomic E-state index is 0.257. The molecule has 1 aromatic heterocycles. The molecule has 0 radical (unpaired) electrons. The van der Waals surface area contributed by atoms with Crippen molar-refractivity contribution in [2.24, 2.45) is 0 Å². The van der Waals surface area contributed by atoms with E-state index in [0.717, 1.165) is 41.3 Å². The van der Waals surface area contributed by atoms with E-state index >= 15 is 0 Å². The van der Waals surface area contributed by atoms with E-state index in [1.165, 1.54) is 12.8 Å². The Kier molecular flexibility index (Phi) is 5.28. The summed E-state index contributed by atoms with van der Waals surface area (Å²) in [4.78, 5) is 8.94. The first-order valence-electron chi connectivity index (χ1n) is 9.52. The van der Waals surface area contributed by atoms with Crippen LogP contribution in [0.4, 0.5) is 17.3 Å². The molecule has 1 aliphatic carbocycles. The van der Waals surface area contributed by atoms with E-state index in [4.69, 9.17) is 15.2 Å². The molecule has 0 bridgehead atoms. The summed E-state index contributed by atoms with van der Waals surface area (Å²) in [5.74, 6) is 1.98. The fraction of sp³-hybridized carbons (Fsp3) is 0.273. The van der Waals surface area contributed by atoms with Crippen LogP contribution in [0, 0.1) is 0 Å². The van der Waals surface area contributed by atoms with Crippen LogP contribution < -0.4 is 20.5 Å². The van der Waals surface area contributed by atoms with Crippen LogP contribution in [0.1, 0.15) is 25.7 Å². The smallest absolute Gasteiger partial charge is 0.227 e. The number of methoxy groups -OCH3 is 1. The van der Waals surface area contributed by atoms with Crippen molar-refractivity contribution >= 4 is 17.3 Å². The molecule has 0 spiro atoms. The molecule has 4 rings (SSSR count). The number of ether oxygens (including phenoxy) is 2. The summed E-state index contributed by atoms with van der Waals surface area (Å²) in [5, 5.41) is 3.18. The lowest BCUT2D eigenvalue weighted by molar-refractivity contribution is 0.201. The quantitative estimate of drug-likeness (QED) is 0.601. The number of nitrogens with one attached hydrogen (secondary N) is 1. The molecule has 1 fully saturated rings. The highest BCUT2D eigenvalue weighted by Crippen LogP contribution is 2.35. The predicted octanol–water partition coefficient (Wildman–Crippen LogP) is 4.80. The molecular formula is C22H24N4O2. The Bertz CT molecular complexity index is 955. The highest BCUT2D eigenvalue weighted by atomic mass is 16.5. The maximum Gasteiger partial charge on any atom is 0.227 e. The van der Waals surface area contributed by atoms with Crippen molar-refractivity contribution in [1.29, 1.82) is 0 Å². The summed E-state index contributed by atoms with van der Waals surface area (Å²) in [6.45, 7) is 0. The molecule has 0 unspecified atom stereocenters. The molecule has 6 heteroatoms. The molecule has 6 nitrogen and oxygen atoms in total. The Morgan fingerprint density at radius 3 is 2.64 bits per heavy atom. The molecule has 1 heterocycles. The summed E-state index contributed by atoms with van der Waals surface area (Å²) in [6.07, 6.45) is 6.60. The van der Waals surface area contributed by atoms with Crippen molar-refractivity contribution in [1.82, 2.24) is 9.97 Å². The van der Waals surface area contributed by atoms with E-state index < -0.39 is 0 Å². The zero-order valence-corrected chi connectivity index (χ0v) is 15.9.